The van der Waals surface area contributed by atoms with E-state index in [4.69, 9.17) is 0 Å². The average molecular weight is 379 g/mol. The van der Waals surface area contributed by atoms with E-state index in [0.29, 0.717) is 17.8 Å². The Morgan fingerprint density at radius 1 is 1.11 bits per heavy atom. The van der Waals surface area contributed by atoms with Crippen molar-refractivity contribution in [3.05, 3.63) is 59.2 Å². The normalized spacial score (nSPS) is 18.3. The zero-order valence-corrected chi connectivity index (χ0v) is 16.0. The van der Waals surface area contributed by atoms with Gasteiger partial charge in [-0.15, -0.1) is 0 Å². The van der Waals surface area contributed by atoms with Crippen molar-refractivity contribution in [3.63, 3.8) is 0 Å². The molecule has 0 saturated carbocycles. The Kier molecular flexibility index (Phi) is 5.05. The minimum atomic E-state index is -0.284. The molecular weight excluding hydrogens is 354 g/mol. The molecule has 0 aliphatic carbocycles. The number of hydrogen-bond acceptors (Lipinski definition) is 3. The van der Waals surface area contributed by atoms with Crippen molar-refractivity contribution < 1.29 is 14.7 Å². The standard InChI is InChI=1S/C22H25N3O3/c1-15-7-6-9-18(21(27)24-11-4-5-12-24)20(15)23-22(28)25-13-16(14-26)17-8-2-3-10-19(17)25/h2-3,6-10,16,26H,4-5,11-14H2,1H3,(H,23,28). The molecule has 1 fully saturated rings. The maximum atomic E-state index is 13.1. The number of amides is 3. The highest BCUT2D eigenvalue weighted by molar-refractivity contribution is 6.09. The lowest BCUT2D eigenvalue weighted by Gasteiger charge is -2.22. The first kappa shape index (κ1) is 18.5. The zero-order valence-electron chi connectivity index (χ0n) is 16.0. The molecule has 1 saturated heterocycles. The van der Waals surface area contributed by atoms with Crippen LogP contribution < -0.4 is 10.2 Å². The number of carbonyl (C=O) groups is 2. The monoisotopic (exact) mass is 379 g/mol. The number of rotatable bonds is 3. The largest absolute Gasteiger partial charge is 0.396 e. The summed E-state index contributed by atoms with van der Waals surface area (Å²) in [6.07, 6.45) is 2.04. The summed E-state index contributed by atoms with van der Waals surface area (Å²) in [6.45, 7) is 3.83. The summed E-state index contributed by atoms with van der Waals surface area (Å²) >= 11 is 0. The quantitative estimate of drug-likeness (QED) is 0.859. The van der Waals surface area contributed by atoms with Crippen molar-refractivity contribution in [3.8, 4) is 0 Å². The number of hydrogen-bond donors (Lipinski definition) is 2. The third-order valence-corrected chi connectivity index (χ3v) is 5.66. The van der Waals surface area contributed by atoms with Gasteiger partial charge in [-0.25, -0.2) is 4.79 Å². The molecule has 0 spiro atoms. The highest BCUT2D eigenvalue weighted by Gasteiger charge is 2.32. The maximum Gasteiger partial charge on any atom is 0.326 e. The summed E-state index contributed by atoms with van der Waals surface area (Å²) in [5, 5.41) is 12.6. The molecule has 3 amide bonds. The second-order valence-corrected chi connectivity index (χ2v) is 7.48. The van der Waals surface area contributed by atoms with Crippen LogP contribution in [0.5, 0.6) is 0 Å². The van der Waals surface area contributed by atoms with Gasteiger partial charge in [0.2, 0.25) is 0 Å². The van der Waals surface area contributed by atoms with Crippen molar-refractivity contribution in [2.75, 3.05) is 36.5 Å². The molecule has 2 heterocycles. The molecule has 1 atom stereocenters. The molecule has 2 aliphatic rings. The van der Waals surface area contributed by atoms with Gasteiger partial charge < -0.3 is 15.3 Å². The van der Waals surface area contributed by atoms with Crippen LogP contribution in [0.3, 0.4) is 0 Å². The predicted octanol–water partition coefficient (Wildman–Crippen LogP) is 3.36. The second-order valence-electron chi connectivity index (χ2n) is 7.48. The summed E-state index contributed by atoms with van der Waals surface area (Å²) in [6, 6.07) is 12.9. The summed E-state index contributed by atoms with van der Waals surface area (Å²) in [5.74, 6) is -0.129. The van der Waals surface area contributed by atoms with E-state index in [2.05, 4.69) is 5.32 Å². The van der Waals surface area contributed by atoms with E-state index in [0.717, 1.165) is 42.7 Å². The van der Waals surface area contributed by atoms with Crippen LogP contribution in [0, 0.1) is 6.92 Å². The highest BCUT2D eigenvalue weighted by atomic mass is 16.3. The summed E-state index contributed by atoms with van der Waals surface area (Å²) in [7, 11) is 0. The highest BCUT2D eigenvalue weighted by Crippen LogP contribution is 2.36. The number of nitrogens with one attached hydrogen (secondary N) is 1. The molecule has 0 aromatic heterocycles. The molecule has 0 radical (unpaired) electrons. The number of aliphatic hydroxyl groups excluding tert-OH is 1. The van der Waals surface area contributed by atoms with Crippen molar-refractivity contribution in [2.24, 2.45) is 0 Å². The topological polar surface area (TPSA) is 72.9 Å². The lowest BCUT2D eigenvalue weighted by Crippen LogP contribution is -2.36. The lowest BCUT2D eigenvalue weighted by molar-refractivity contribution is 0.0793. The van der Waals surface area contributed by atoms with E-state index >= 15 is 0 Å². The van der Waals surface area contributed by atoms with E-state index in [1.54, 1.807) is 11.0 Å². The van der Waals surface area contributed by atoms with E-state index in [-0.39, 0.29) is 24.5 Å². The number of fused-ring (bicyclic) bond motifs is 1. The first-order chi connectivity index (χ1) is 13.6. The van der Waals surface area contributed by atoms with Crippen molar-refractivity contribution >= 4 is 23.3 Å². The smallest absolute Gasteiger partial charge is 0.326 e. The zero-order chi connectivity index (χ0) is 19.7. The molecule has 0 bridgehead atoms. The van der Waals surface area contributed by atoms with Crippen LogP contribution >= 0.6 is 0 Å². The summed E-state index contributed by atoms with van der Waals surface area (Å²) < 4.78 is 0. The fraction of sp³-hybridized carbons (Fsp3) is 0.364. The molecule has 6 nitrogen and oxygen atoms in total. The van der Waals surface area contributed by atoms with Crippen molar-refractivity contribution in [1.82, 2.24) is 4.90 Å². The van der Waals surface area contributed by atoms with Gasteiger partial charge in [0.05, 0.1) is 17.9 Å². The minimum Gasteiger partial charge on any atom is -0.396 e. The molecule has 2 aromatic rings. The van der Waals surface area contributed by atoms with Crippen molar-refractivity contribution in [2.45, 2.75) is 25.7 Å². The van der Waals surface area contributed by atoms with Crippen LogP contribution in [0.1, 0.15) is 40.2 Å². The SMILES string of the molecule is Cc1cccc(C(=O)N2CCCC2)c1NC(=O)N1CC(CO)c2ccccc21. The van der Waals surface area contributed by atoms with Crippen LogP contribution in [0.15, 0.2) is 42.5 Å². The van der Waals surface area contributed by atoms with Crippen molar-refractivity contribution in [1.29, 1.82) is 0 Å². The summed E-state index contributed by atoms with van der Waals surface area (Å²) in [5.41, 5.74) is 3.72. The van der Waals surface area contributed by atoms with E-state index in [1.165, 1.54) is 0 Å². The minimum absolute atomic E-state index is 0.0101. The molecular formula is C22H25N3O3. The first-order valence-corrected chi connectivity index (χ1v) is 9.77. The Labute approximate surface area is 164 Å². The third-order valence-electron chi connectivity index (χ3n) is 5.66. The fourth-order valence-electron chi connectivity index (χ4n) is 4.12. The van der Waals surface area contributed by atoms with Gasteiger partial charge in [0.1, 0.15) is 0 Å². The van der Waals surface area contributed by atoms with E-state index in [9.17, 15) is 14.7 Å². The van der Waals surface area contributed by atoms with Crippen LogP contribution in [0.4, 0.5) is 16.2 Å². The van der Waals surface area contributed by atoms with Gasteiger partial charge in [-0.3, -0.25) is 9.69 Å². The Morgan fingerprint density at radius 2 is 1.86 bits per heavy atom. The van der Waals surface area contributed by atoms with Crippen LogP contribution in [-0.4, -0.2) is 48.2 Å². The van der Waals surface area contributed by atoms with Crippen LogP contribution in [0.2, 0.25) is 0 Å². The Balaban J connectivity index is 1.61. The molecule has 6 heteroatoms. The van der Waals surface area contributed by atoms with Gasteiger partial charge in [0.25, 0.3) is 5.91 Å². The number of aliphatic hydroxyl groups is 1. The Bertz CT molecular complexity index is 906. The van der Waals surface area contributed by atoms with Gasteiger partial charge in [-0.1, -0.05) is 30.3 Å². The Hall–Kier alpha value is -2.86. The van der Waals surface area contributed by atoms with Gasteiger partial charge in [0, 0.05) is 31.2 Å². The lowest BCUT2D eigenvalue weighted by atomic mass is 10.0. The maximum absolute atomic E-state index is 13.1. The third kappa shape index (κ3) is 3.24. The van der Waals surface area contributed by atoms with E-state index < -0.39 is 0 Å². The number of benzene rings is 2. The van der Waals surface area contributed by atoms with Crippen LogP contribution in [0.25, 0.3) is 0 Å². The number of anilines is 2. The number of para-hydroxylation sites is 2. The predicted molar refractivity (Wildman–Crippen MR) is 109 cm³/mol. The second kappa shape index (κ2) is 7.64. The molecule has 28 heavy (non-hydrogen) atoms. The van der Waals surface area contributed by atoms with Gasteiger partial charge in [-0.2, -0.15) is 0 Å². The van der Waals surface area contributed by atoms with Gasteiger partial charge >= 0.3 is 6.03 Å². The van der Waals surface area contributed by atoms with Gasteiger partial charge in [-0.05, 0) is 43.0 Å². The molecule has 4 rings (SSSR count). The fourth-order valence-corrected chi connectivity index (χ4v) is 4.12. The molecule has 1 unspecified atom stereocenters. The van der Waals surface area contributed by atoms with E-state index in [1.807, 2.05) is 48.2 Å². The number of likely N-dealkylation sites (tertiary alicyclic amines) is 1. The molecule has 146 valence electrons. The average Bonchev–Trinajstić information content (AvgIpc) is 3.37. The Morgan fingerprint density at radius 3 is 2.61 bits per heavy atom. The number of aryl methyl sites for hydroxylation is 1. The first-order valence-electron chi connectivity index (χ1n) is 9.77. The molecule has 2 N–H and O–H groups in total. The molecule has 2 aliphatic heterocycles. The molecule has 2 aromatic carbocycles. The van der Waals surface area contributed by atoms with Gasteiger partial charge in [0.15, 0.2) is 0 Å². The number of urea groups is 1. The number of carbonyl (C=O) groups excluding carboxylic acids is 2. The number of nitrogens with zero attached hydrogens (tertiary/aromatic N) is 2. The summed E-state index contributed by atoms with van der Waals surface area (Å²) in [4.78, 5) is 29.5. The van der Waals surface area contributed by atoms with Crippen LogP contribution in [-0.2, 0) is 0 Å².